The van der Waals surface area contributed by atoms with Crippen LogP contribution in [0.25, 0.3) is 0 Å². The normalized spacial score (nSPS) is 19.9. The Balaban J connectivity index is 1.71. The highest BCUT2D eigenvalue weighted by molar-refractivity contribution is 9.10. The third-order valence-corrected chi connectivity index (χ3v) is 4.98. The van der Waals surface area contributed by atoms with Crippen LogP contribution in [0.15, 0.2) is 29.3 Å². The SMILES string of the molecule is C=CCOc1cc2c(cc1Br)CC[C@H]2CCN1C(=O)CC1=O. The summed E-state index contributed by atoms with van der Waals surface area (Å²) in [6, 6.07) is 4.20. The van der Waals surface area contributed by atoms with Crippen LogP contribution >= 0.6 is 15.9 Å². The smallest absolute Gasteiger partial charge is 0.238 e. The van der Waals surface area contributed by atoms with Crippen LogP contribution in [0.5, 0.6) is 5.75 Å². The maximum Gasteiger partial charge on any atom is 0.238 e. The summed E-state index contributed by atoms with van der Waals surface area (Å²) in [6.45, 7) is 4.66. The Bertz CT molecular complexity index is 627. The molecule has 2 aliphatic rings. The average Bonchev–Trinajstić information content (AvgIpc) is 2.87. The fourth-order valence-corrected chi connectivity index (χ4v) is 3.66. The summed E-state index contributed by atoms with van der Waals surface area (Å²) >= 11 is 3.54. The second kappa shape index (κ2) is 6.24. The minimum Gasteiger partial charge on any atom is -0.488 e. The first-order valence-electron chi connectivity index (χ1n) is 7.49. The summed E-state index contributed by atoms with van der Waals surface area (Å²) in [7, 11) is 0. The molecule has 0 aromatic heterocycles. The fourth-order valence-electron chi connectivity index (χ4n) is 3.15. The summed E-state index contributed by atoms with van der Waals surface area (Å²) in [5, 5.41) is 0. The molecule has 1 atom stereocenters. The summed E-state index contributed by atoms with van der Waals surface area (Å²) < 4.78 is 6.63. The van der Waals surface area contributed by atoms with Crippen LogP contribution in [0.4, 0.5) is 0 Å². The molecule has 0 radical (unpaired) electrons. The number of nitrogens with zero attached hydrogens (tertiary/aromatic N) is 1. The number of fused-ring (bicyclic) bond motifs is 1. The minimum atomic E-state index is -0.0472. The molecule has 1 aromatic carbocycles. The zero-order chi connectivity index (χ0) is 15.7. The highest BCUT2D eigenvalue weighted by Crippen LogP contribution is 2.41. The van der Waals surface area contributed by atoms with Crippen molar-refractivity contribution in [1.29, 1.82) is 0 Å². The van der Waals surface area contributed by atoms with Crippen molar-refractivity contribution in [1.82, 2.24) is 4.90 Å². The van der Waals surface area contributed by atoms with Crippen molar-refractivity contribution < 1.29 is 14.3 Å². The number of rotatable bonds is 6. The molecule has 0 unspecified atom stereocenters. The van der Waals surface area contributed by atoms with Crippen LogP contribution in [-0.4, -0.2) is 29.9 Å². The number of carbonyl (C=O) groups excluding carboxylic acids is 2. The Kier molecular flexibility index (Phi) is 4.34. The molecule has 4 nitrogen and oxygen atoms in total. The lowest BCUT2D eigenvalue weighted by Gasteiger charge is -2.29. The molecular formula is C17H18BrNO3. The van der Waals surface area contributed by atoms with Gasteiger partial charge in [-0.15, -0.1) is 0 Å². The molecule has 1 saturated heterocycles. The average molecular weight is 364 g/mol. The van der Waals surface area contributed by atoms with E-state index in [1.807, 2.05) is 0 Å². The van der Waals surface area contributed by atoms with Gasteiger partial charge in [-0.25, -0.2) is 0 Å². The number of hydrogen-bond acceptors (Lipinski definition) is 3. The van der Waals surface area contributed by atoms with Gasteiger partial charge in [0.25, 0.3) is 0 Å². The molecule has 5 heteroatoms. The van der Waals surface area contributed by atoms with Crippen LogP contribution in [0.2, 0.25) is 0 Å². The van der Waals surface area contributed by atoms with E-state index in [1.54, 1.807) is 6.08 Å². The van der Waals surface area contributed by atoms with Gasteiger partial charge in [0.2, 0.25) is 11.8 Å². The molecule has 0 N–H and O–H groups in total. The van der Waals surface area contributed by atoms with Gasteiger partial charge in [-0.1, -0.05) is 12.7 Å². The van der Waals surface area contributed by atoms with Crippen LogP contribution in [-0.2, 0) is 16.0 Å². The highest BCUT2D eigenvalue weighted by atomic mass is 79.9. The number of β-lactam (4-membered cyclic amide) rings is 2. The van der Waals surface area contributed by atoms with Gasteiger partial charge in [-0.3, -0.25) is 14.5 Å². The highest BCUT2D eigenvalue weighted by Gasteiger charge is 2.35. The monoisotopic (exact) mass is 363 g/mol. The fraction of sp³-hybridized carbons (Fsp3) is 0.412. The van der Waals surface area contributed by atoms with Crippen LogP contribution in [0.1, 0.15) is 36.3 Å². The first kappa shape index (κ1) is 15.3. The molecule has 0 saturated carbocycles. The van der Waals surface area contributed by atoms with Crippen molar-refractivity contribution >= 4 is 27.7 Å². The van der Waals surface area contributed by atoms with Crippen LogP contribution < -0.4 is 4.74 Å². The number of halogens is 1. The third-order valence-electron chi connectivity index (χ3n) is 4.36. The summed E-state index contributed by atoms with van der Waals surface area (Å²) in [4.78, 5) is 24.1. The van der Waals surface area contributed by atoms with E-state index in [-0.39, 0.29) is 18.2 Å². The lowest BCUT2D eigenvalue weighted by molar-refractivity contribution is -0.157. The maximum absolute atomic E-state index is 11.4. The molecule has 1 aliphatic heterocycles. The predicted octanol–water partition coefficient (Wildman–Crippen LogP) is 3.19. The first-order valence-corrected chi connectivity index (χ1v) is 8.28. The van der Waals surface area contributed by atoms with Crippen LogP contribution in [0, 0.1) is 0 Å². The van der Waals surface area contributed by atoms with Crippen molar-refractivity contribution in [2.24, 2.45) is 0 Å². The second-order valence-electron chi connectivity index (χ2n) is 5.72. The van der Waals surface area contributed by atoms with Gasteiger partial charge in [-0.05, 0) is 64.4 Å². The van der Waals surface area contributed by atoms with Crippen molar-refractivity contribution in [3.63, 3.8) is 0 Å². The predicted molar refractivity (Wildman–Crippen MR) is 86.9 cm³/mol. The molecule has 116 valence electrons. The van der Waals surface area contributed by atoms with E-state index in [4.69, 9.17) is 4.74 Å². The maximum atomic E-state index is 11.4. The number of carbonyl (C=O) groups is 2. The van der Waals surface area contributed by atoms with Crippen molar-refractivity contribution in [3.8, 4) is 5.75 Å². The quantitative estimate of drug-likeness (QED) is 0.443. The van der Waals surface area contributed by atoms with Gasteiger partial charge >= 0.3 is 0 Å². The number of ether oxygens (including phenoxy) is 1. The topological polar surface area (TPSA) is 46.6 Å². The Labute approximate surface area is 138 Å². The molecular weight excluding hydrogens is 346 g/mol. The largest absolute Gasteiger partial charge is 0.488 e. The van der Waals surface area contributed by atoms with Crippen molar-refractivity contribution in [2.75, 3.05) is 13.2 Å². The third kappa shape index (κ3) is 2.82. The van der Waals surface area contributed by atoms with E-state index < -0.39 is 0 Å². The first-order chi connectivity index (χ1) is 10.6. The Hall–Kier alpha value is -1.62. The zero-order valence-electron chi connectivity index (χ0n) is 12.3. The van der Waals surface area contributed by atoms with E-state index in [9.17, 15) is 9.59 Å². The van der Waals surface area contributed by atoms with E-state index in [0.717, 1.165) is 29.5 Å². The van der Waals surface area contributed by atoms with Gasteiger partial charge in [0.05, 0.1) is 4.47 Å². The zero-order valence-corrected chi connectivity index (χ0v) is 13.9. The molecule has 0 bridgehead atoms. The molecule has 2 amide bonds. The number of hydrogen-bond donors (Lipinski definition) is 0. The summed E-state index contributed by atoms with van der Waals surface area (Å²) in [5.74, 6) is 1.11. The molecule has 22 heavy (non-hydrogen) atoms. The van der Waals surface area contributed by atoms with Crippen molar-refractivity contribution in [2.45, 2.75) is 31.6 Å². The minimum absolute atomic E-state index is 0.0472. The van der Waals surface area contributed by atoms with Crippen molar-refractivity contribution in [3.05, 3.63) is 40.4 Å². The molecule has 0 spiro atoms. The van der Waals surface area contributed by atoms with Gasteiger partial charge in [0.1, 0.15) is 18.8 Å². The van der Waals surface area contributed by atoms with E-state index in [2.05, 4.69) is 34.6 Å². The van der Waals surface area contributed by atoms with Gasteiger partial charge < -0.3 is 4.74 Å². The number of amides is 2. The summed E-state index contributed by atoms with van der Waals surface area (Å²) in [6.07, 6.45) is 4.71. The Morgan fingerprint density at radius 2 is 2.14 bits per heavy atom. The van der Waals surface area contributed by atoms with Gasteiger partial charge in [-0.2, -0.15) is 0 Å². The van der Waals surface area contributed by atoms with Gasteiger partial charge in [0.15, 0.2) is 0 Å². The number of imide groups is 1. The number of benzene rings is 1. The Morgan fingerprint density at radius 1 is 1.36 bits per heavy atom. The van der Waals surface area contributed by atoms with E-state index in [1.165, 1.54) is 16.0 Å². The standard InChI is InChI=1S/C17H18BrNO3/c1-2-7-22-15-9-13-11(3-4-12(13)8-14(15)18)5-6-19-16(20)10-17(19)21/h2,8-9,11H,1,3-7,10H2/t11-/m0/s1. The Morgan fingerprint density at radius 3 is 2.82 bits per heavy atom. The number of likely N-dealkylation sites (tertiary alicyclic amines) is 1. The lowest BCUT2D eigenvalue weighted by Crippen LogP contribution is -2.49. The van der Waals surface area contributed by atoms with Gasteiger partial charge in [0, 0.05) is 6.54 Å². The summed E-state index contributed by atoms with van der Waals surface area (Å²) in [5.41, 5.74) is 2.60. The molecule has 1 aromatic rings. The second-order valence-corrected chi connectivity index (χ2v) is 6.58. The molecule has 1 heterocycles. The van der Waals surface area contributed by atoms with E-state index >= 15 is 0 Å². The lowest BCUT2D eigenvalue weighted by atomic mass is 9.96. The molecule has 3 rings (SSSR count). The van der Waals surface area contributed by atoms with E-state index in [0.29, 0.717) is 19.1 Å². The molecule has 1 fully saturated rings. The number of aryl methyl sites for hydroxylation is 1. The molecule has 1 aliphatic carbocycles. The van der Waals surface area contributed by atoms with Crippen LogP contribution in [0.3, 0.4) is 0 Å².